The van der Waals surface area contributed by atoms with Crippen LogP contribution in [0.15, 0.2) is 12.7 Å². The van der Waals surface area contributed by atoms with E-state index in [0.717, 1.165) is 17.2 Å². The van der Waals surface area contributed by atoms with Crippen LogP contribution >= 0.6 is 43.1 Å². The van der Waals surface area contributed by atoms with Gasteiger partial charge in [-0.05, 0) is 0 Å². The van der Waals surface area contributed by atoms with E-state index in [2.05, 4.69) is 38.9 Å². The number of fused-ring (bicyclic) bond motifs is 1. The van der Waals surface area contributed by atoms with Crippen LogP contribution in [0.1, 0.15) is 26.5 Å². The number of rotatable bonds is 24. The highest BCUT2D eigenvalue weighted by Gasteiger charge is 2.50. The van der Waals surface area contributed by atoms with Gasteiger partial charge >= 0.3 is 31.3 Å². The Bertz CT molecular complexity index is 2020. The van der Waals surface area contributed by atoms with Crippen molar-refractivity contribution < 1.29 is 104 Å². The molecule has 3 heterocycles. The summed E-state index contributed by atoms with van der Waals surface area (Å²) < 4.78 is 76.7. The van der Waals surface area contributed by atoms with Gasteiger partial charge in [0.1, 0.15) is 48.4 Å². The Hall–Kier alpha value is -2.41. The maximum atomic E-state index is 12.7. The standard InChI is InChI=1S/C25H44N8O22P4S/c1-25(2,19(37)22(38)29-4-3-14(35)28-5-6-60-24(39)15(26)12(34)7-50-56(40,41)42)9-52-59(48,49)55-58(46,47)51-8-13-18(54-57(43,44)45)17(36)23(53-13)33-11-32-16-20(27)30-10-31-21(16)33/h10-13,15,17-19,23,34,36-37H,3-9,26H2,1-2H3,(H,28,35)(H,29,38)(H,46,47)(H,48,49)(H2,27,30,31)(H2,40,41,42)(H2,43,44,45). The lowest BCUT2D eigenvalue weighted by molar-refractivity contribution is -0.137. The predicted molar refractivity (Wildman–Crippen MR) is 199 cm³/mol. The van der Waals surface area contributed by atoms with Crippen molar-refractivity contribution in [3.8, 4) is 0 Å². The van der Waals surface area contributed by atoms with Gasteiger partial charge in [0, 0.05) is 30.7 Å². The van der Waals surface area contributed by atoms with Crippen LogP contribution in [0, 0.1) is 5.41 Å². The van der Waals surface area contributed by atoms with Gasteiger partial charge in [-0.2, -0.15) is 4.31 Å². The van der Waals surface area contributed by atoms with Crippen molar-refractivity contribution in [2.45, 2.75) is 63.1 Å². The van der Waals surface area contributed by atoms with Crippen LogP contribution in [0.4, 0.5) is 5.82 Å². The number of nitrogen functional groups attached to an aromatic ring is 1. The van der Waals surface area contributed by atoms with Crippen molar-refractivity contribution in [2.24, 2.45) is 11.1 Å². The molecule has 1 aliphatic heterocycles. The zero-order valence-electron chi connectivity index (χ0n) is 31.1. The first-order chi connectivity index (χ1) is 27.5. The highest BCUT2D eigenvalue weighted by atomic mass is 32.2. The number of carbonyl (C=O) groups excluding carboxylic acids is 3. The van der Waals surface area contributed by atoms with E-state index >= 15 is 0 Å². The zero-order valence-corrected chi connectivity index (χ0v) is 35.5. The van der Waals surface area contributed by atoms with Gasteiger partial charge < -0.3 is 71.5 Å². The summed E-state index contributed by atoms with van der Waals surface area (Å²) in [5.74, 6) is -1.76. The number of aromatic nitrogens is 4. The molecule has 1 aliphatic rings. The number of hydrogen-bond donors (Lipinski definition) is 13. The number of phosphoric acid groups is 4. The summed E-state index contributed by atoms with van der Waals surface area (Å²) in [6.07, 6.45) is -9.03. The monoisotopic (exact) mass is 964 g/mol. The number of anilines is 1. The molecule has 35 heteroatoms. The molecule has 1 saturated heterocycles. The topological polar surface area (TPSA) is 477 Å². The fourth-order valence-electron chi connectivity index (χ4n) is 4.81. The SMILES string of the molecule is CC(C)(COP(=O)(O)OP(=O)(O)OCC1OC(n2cnc3c(N)ncnc32)C(O)C1OP(=O)(O)O)C(O)C(=O)NCCC(=O)NCCSC(=O)C(N)C(O)COP(=O)(O)O. The van der Waals surface area contributed by atoms with Gasteiger partial charge in [-0.25, -0.2) is 33.2 Å². The Balaban J connectivity index is 1.45. The average molecular weight is 965 g/mol. The summed E-state index contributed by atoms with van der Waals surface area (Å²) in [6.45, 7) is -1.04. The van der Waals surface area contributed by atoms with Gasteiger partial charge in [-0.1, -0.05) is 25.6 Å². The van der Waals surface area contributed by atoms with Gasteiger partial charge in [-0.15, -0.1) is 0 Å². The lowest BCUT2D eigenvalue weighted by atomic mass is 9.87. The molecule has 2 aromatic heterocycles. The van der Waals surface area contributed by atoms with Gasteiger partial charge in [0.05, 0.1) is 26.1 Å². The van der Waals surface area contributed by atoms with Crippen molar-refractivity contribution in [3.05, 3.63) is 12.7 Å². The summed E-state index contributed by atoms with van der Waals surface area (Å²) in [5.41, 5.74) is 9.65. The number of aliphatic hydroxyl groups is 3. The molecule has 0 saturated carbocycles. The molecule has 2 aromatic rings. The van der Waals surface area contributed by atoms with E-state index in [1.807, 2.05) is 0 Å². The first-order valence-electron chi connectivity index (χ1n) is 16.7. The molecule has 15 N–H and O–H groups in total. The molecule has 0 aromatic carbocycles. The highest BCUT2D eigenvalue weighted by Crippen LogP contribution is 2.61. The normalized spacial score (nSPS) is 22.4. The number of nitrogens with two attached hydrogens (primary N) is 2. The van der Waals surface area contributed by atoms with Crippen LogP contribution < -0.4 is 22.1 Å². The summed E-state index contributed by atoms with van der Waals surface area (Å²) >= 11 is 0.605. The van der Waals surface area contributed by atoms with Crippen LogP contribution in [0.25, 0.3) is 11.2 Å². The van der Waals surface area contributed by atoms with Crippen LogP contribution in [0.3, 0.4) is 0 Å². The minimum Gasteiger partial charge on any atom is -0.389 e. The lowest BCUT2D eigenvalue weighted by Gasteiger charge is -2.30. The fourth-order valence-corrected chi connectivity index (χ4v) is 8.74. The molecule has 0 aliphatic carbocycles. The number of imidazole rings is 1. The number of amides is 2. The van der Waals surface area contributed by atoms with Crippen molar-refractivity contribution in [1.82, 2.24) is 30.2 Å². The Labute approximate surface area is 342 Å². The number of carbonyl (C=O) groups is 3. The molecule has 0 bridgehead atoms. The number of thioether (sulfide) groups is 1. The van der Waals surface area contributed by atoms with Crippen LogP contribution in [-0.2, 0) is 59.8 Å². The molecule has 342 valence electrons. The van der Waals surface area contributed by atoms with E-state index in [1.54, 1.807) is 0 Å². The van der Waals surface area contributed by atoms with Gasteiger partial charge in [0.2, 0.25) is 16.9 Å². The van der Waals surface area contributed by atoms with E-state index in [-0.39, 0.29) is 42.2 Å². The average Bonchev–Trinajstić information content (AvgIpc) is 3.69. The third kappa shape index (κ3) is 16.1. The Morgan fingerprint density at radius 1 is 0.967 bits per heavy atom. The number of nitrogens with zero attached hydrogens (tertiary/aromatic N) is 4. The Morgan fingerprint density at radius 2 is 1.62 bits per heavy atom. The molecular weight excluding hydrogens is 920 g/mol. The molecular formula is C25H44N8O22P4S. The summed E-state index contributed by atoms with van der Waals surface area (Å²) in [5, 5.41) is 35.1. The summed E-state index contributed by atoms with van der Waals surface area (Å²) in [6, 6.07) is -1.55. The van der Waals surface area contributed by atoms with Gasteiger partial charge in [0.25, 0.3) is 0 Å². The molecule has 9 unspecified atom stereocenters. The first kappa shape index (κ1) is 51.9. The first-order valence-corrected chi connectivity index (χ1v) is 23.8. The molecule has 60 heavy (non-hydrogen) atoms. The summed E-state index contributed by atoms with van der Waals surface area (Å²) in [7, 11) is -21.4. The predicted octanol–water partition coefficient (Wildman–Crippen LogP) is -3.54. The minimum absolute atomic E-state index is 0.00651. The number of phosphoric ester groups is 4. The van der Waals surface area contributed by atoms with E-state index in [1.165, 1.54) is 13.8 Å². The largest absolute Gasteiger partial charge is 0.481 e. The Morgan fingerprint density at radius 3 is 2.25 bits per heavy atom. The number of aliphatic hydroxyl groups excluding tert-OH is 3. The minimum atomic E-state index is -5.62. The molecule has 3 rings (SSSR count). The Kier molecular flexibility index (Phi) is 18.4. The second-order valence-electron chi connectivity index (χ2n) is 13.1. The van der Waals surface area contributed by atoms with E-state index < -0.39 is 116 Å². The third-order valence-electron chi connectivity index (χ3n) is 7.85. The van der Waals surface area contributed by atoms with Crippen molar-refractivity contribution in [1.29, 1.82) is 0 Å². The van der Waals surface area contributed by atoms with Crippen LogP contribution in [0.2, 0.25) is 0 Å². The lowest BCUT2D eigenvalue weighted by Crippen LogP contribution is -2.46. The molecule has 9 atom stereocenters. The van der Waals surface area contributed by atoms with Gasteiger partial charge in [-0.3, -0.25) is 37.0 Å². The van der Waals surface area contributed by atoms with Crippen molar-refractivity contribution >= 4 is 77.0 Å². The van der Waals surface area contributed by atoms with Crippen molar-refractivity contribution in [3.63, 3.8) is 0 Å². The zero-order chi connectivity index (χ0) is 45.4. The molecule has 2 amide bonds. The van der Waals surface area contributed by atoms with Gasteiger partial charge in [0.15, 0.2) is 17.7 Å². The second kappa shape index (κ2) is 21.3. The van der Waals surface area contributed by atoms with Crippen LogP contribution in [-0.4, -0.2) is 156 Å². The maximum Gasteiger partial charge on any atom is 0.481 e. The third-order valence-corrected chi connectivity index (χ3v) is 12.4. The van der Waals surface area contributed by atoms with Crippen molar-refractivity contribution in [2.75, 3.05) is 44.4 Å². The fraction of sp³-hybridized carbons (Fsp3) is 0.680. The second-order valence-corrected chi connectivity index (χ2v) is 19.7. The number of hydrogen-bond acceptors (Lipinski definition) is 22. The van der Waals surface area contributed by atoms with Crippen LogP contribution in [0.5, 0.6) is 0 Å². The molecule has 30 nitrogen and oxygen atoms in total. The quantitative estimate of drug-likeness (QED) is 0.0358. The smallest absolute Gasteiger partial charge is 0.389 e. The maximum absolute atomic E-state index is 12.7. The summed E-state index contributed by atoms with van der Waals surface area (Å²) in [4.78, 5) is 105. The van der Waals surface area contributed by atoms with E-state index in [4.69, 9.17) is 35.0 Å². The molecule has 1 fully saturated rings. The number of nitrogens with one attached hydrogen (secondary N) is 2. The van der Waals surface area contributed by atoms with E-state index in [0.29, 0.717) is 11.8 Å². The molecule has 0 spiro atoms. The highest BCUT2D eigenvalue weighted by molar-refractivity contribution is 8.13. The molecule has 0 radical (unpaired) electrons. The van der Waals surface area contributed by atoms with E-state index in [9.17, 15) is 67.5 Å². The number of ether oxygens (including phenoxy) is 1.